The topological polar surface area (TPSA) is 189 Å². The molecular weight excluding hydrogens is 280 g/mol. The lowest BCUT2D eigenvalue weighted by atomic mass is 10.3. The lowest BCUT2D eigenvalue weighted by Gasteiger charge is -2.06. The van der Waals surface area contributed by atoms with E-state index in [0.717, 1.165) is 0 Å². The second-order valence-electron chi connectivity index (χ2n) is 3.47. The zero-order valence-electron chi connectivity index (χ0n) is 10.2. The van der Waals surface area contributed by atoms with Gasteiger partial charge in [0.25, 0.3) is 0 Å². The van der Waals surface area contributed by atoms with Gasteiger partial charge in [-0.1, -0.05) is 0 Å². The van der Waals surface area contributed by atoms with Gasteiger partial charge in [0.2, 0.25) is 17.8 Å². The first-order valence-corrected chi connectivity index (χ1v) is 5.27. The van der Waals surface area contributed by atoms with Crippen LogP contribution in [0.4, 0.5) is 23.5 Å². The third kappa shape index (κ3) is 3.38. The van der Waals surface area contributed by atoms with E-state index in [9.17, 15) is 10.2 Å². The molecule has 0 aliphatic rings. The minimum atomic E-state index is -0.348. The number of anilines is 2. The maximum atomic E-state index is 9.38. The minimum Gasteiger partial charge on any atom is -0.504 e. The zero-order valence-corrected chi connectivity index (χ0v) is 10.2. The van der Waals surface area contributed by atoms with Gasteiger partial charge >= 0.3 is 0 Å². The standard InChI is InChI=1S/C9H6N10O2/c10-18-16-8-13-7(14-9(15-8)17-19-11)12-4-1-2-5(20)6(21)3-4/h1-3,20-21H,(H,12,13,14,15). The molecule has 0 aliphatic heterocycles. The predicted octanol–water partition coefficient (Wildman–Crippen LogP) is 2.91. The number of phenols is 2. The molecule has 0 bridgehead atoms. The van der Waals surface area contributed by atoms with Crippen LogP contribution in [0.5, 0.6) is 11.5 Å². The van der Waals surface area contributed by atoms with Gasteiger partial charge in [0, 0.05) is 21.6 Å². The number of phenolic OH excluding ortho intramolecular Hbond substituents is 2. The summed E-state index contributed by atoms with van der Waals surface area (Å²) >= 11 is 0. The third-order valence-corrected chi connectivity index (χ3v) is 2.11. The van der Waals surface area contributed by atoms with Crippen LogP contribution in [-0.2, 0) is 0 Å². The molecule has 0 radical (unpaired) electrons. The van der Waals surface area contributed by atoms with Crippen LogP contribution >= 0.6 is 0 Å². The first-order valence-electron chi connectivity index (χ1n) is 5.27. The summed E-state index contributed by atoms with van der Waals surface area (Å²) < 4.78 is 0. The summed E-state index contributed by atoms with van der Waals surface area (Å²) in [5.74, 6) is -1.29. The molecule has 1 aromatic heterocycles. The molecule has 0 saturated carbocycles. The Hall–Kier alpha value is -3.75. The number of hydrogen-bond acceptors (Lipinski definition) is 8. The zero-order chi connectivity index (χ0) is 15.2. The Morgan fingerprint density at radius 2 is 1.57 bits per heavy atom. The van der Waals surface area contributed by atoms with Crippen LogP contribution in [0.2, 0.25) is 0 Å². The summed E-state index contributed by atoms with van der Waals surface area (Å²) in [7, 11) is 0. The van der Waals surface area contributed by atoms with E-state index < -0.39 is 0 Å². The first kappa shape index (κ1) is 13.7. The van der Waals surface area contributed by atoms with Gasteiger partial charge in [0.1, 0.15) is 0 Å². The van der Waals surface area contributed by atoms with Gasteiger partial charge in [0.05, 0.1) is 0 Å². The van der Waals surface area contributed by atoms with Crippen LogP contribution in [0.25, 0.3) is 20.9 Å². The van der Waals surface area contributed by atoms with Crippen LogP contribution in [-0.4, -0.2) is 25.2 Å². The molecule has 0 unspecified atom stereocenters. The number of benzene rings is 1. The van der Waals surface area contributed by atoms with Gasteiger partial charge in [0.15, 0.2) is 11.5 Å². The molecule has 2 aromatic rings. The second-order valence-corrected chi connectivity index (χ2v) is 3.47. The van der Waals surface area contributed by atoms with Crippen molar-refractivity contribution in [2.24, 2.45) is 10.2 Å². The Bertz CT molecular complexity index is 742. The monoisotopic (exact) mass is 286 g/mol. The van der Waals surface area contributed by atoms with Crippen molar-refractivity contribution in [1.29, 1.82) is 0 Å². The van der Waals surface area contributed by atoms with Crippen LogP contribution in [0.15, 0.2) is 28.4 Å². The molecule has 2 rings (SSSR count). The van der Waals surface area contributed by atoms with Crippen molar-refractivity contribution in [2.75, 3.05) is 5.32 Å². The second kappa shape index (κ2) is 5.93. The minimum absolute atomic E-state index is 0.0695. The lowest BCUT2D eigenvalue weighted by molar-refractivity contribution is 0.404. The van der Waals surface area contributed by atoms with Crippen molar-refractivity contribution < 1.29 is 10.2 Å². The molecule has 21 heavy (non-hydrogen) atoms. The van der Waals surface area contributed by atoms with E-state index in [1.54, 1.807) is 0 Å². The van der Waals surface area contributed by atoms with Gasteiger partial charge in [-0.05, 0) is 33.4 Å². The lowest BCUT2D eigenvalue weighted by Crippen LogP contribution is -1.98. The van der Waals surface area contributed by atoms with E-state index in [0.29, 0.717) is 5.69 Å². The highest BCUT2D eigenvalue weighted by Gasteiger charge is 2.06. The molecule has 12 nitrogen and oxygen atoms in total. The van der Waals surface area contributed by atoms with Crippen LogP contribution in [0.3, 0.4) is 0 Å². The Morgan fingerprint density at radius 3 is 2.10 bits per heavy atom. The maximum absolute atomic E-state index is 9.38. The molecule has 104 valence electrons. The summed E-state index contributed by atoms with van der Waals surface area (Å²) in [5.41, 5.74) is 17.1. The average Bonchev–Trinajstić information content (AvgIpc) is 2.43. The normalized spacial score (nSPS) is 9.33. The third-order valence-electron chi connectivity index (χ3n) is 2.11. The molecule has 12 heteroatoms. The van der Waals surface area contributed by atoms with Crippen LogP contribution < -0.4 is 5.32 Å². The smallest absolute Gasteiger partial charge is 0.231 e. The van der Waals surface area contributed by atoms with E-state index >= 15 is 0 Å². The SMILES string of the molecule is [N-]=[N+]=Nc1nc(N=[N+]=[N-])nc(Nc2ccc(O)c(O)c2)n1. The quantitative estimate of drug-likeness (QED) is 0.254. The van der Waals surface area contributed by atoms with E-state index in [1.807, 2.05) is 0 Å². The van der Waals surface area contributed by atoms with E-state index in [1.165, 1.54) is 18.2 Å². The van der Waals surface area contributed by atoms with E-state index in [4.69, 9.17) is 11.1 Å². The van der Waals surface area contributed by atoms with Crippen LogP contribution in [0.1, 0.15) is 0 Å². The molecular formula is C9H6N10O2. The molecule has 0 aliphatic carbocycles. The van der Waals surface area contributed by atoms with E-state index in [-0.39, 0.29) is 29.3 Å². The fraction of sp³-hybridized carbons (Fsp3) is 0. The Kier molecular flexibility index (Phi) is 3.86. The highest BCUT2D eigenvalue weighted by molar-refractivity contribution is 5.59. The molecule has 0 fully saturated rings. The van der Waals surface area contributed by atoms with Gasteiger partial charge < -0.3 is 15.5 Å². The number of hydrogen-bond donors (Lipinski definition) is 3. The largest absolute Gasteiger partial charge is 0.504 e. The fourth-order valence-corrected chi connectivity index (χ4v) is 1.31. The van der Waals surface area contributed by atoms with Crippen LogP contribution in [0, 0.1) is 0 Å². The van der Waals surface area contributed by atoms with Crippen molar-refractivity contribution in [3.8, 4) is 11.5 Å². The van der Waals surface area contributed by atoms with Crippen molar-refractivity contribution in [3.63, 3.8) is 0 Å². The van der Waals surface area contributed by atoms with E-state index in [2.05, 4.69) is 40.3 Å². The van der Waals surface area contributed by atoms with Crippen molar-refractivity contribution in [2.45, 2.75) is 0 Å². The van der Waals surface area contributed by atoms with Gasteiger partial charge in [-0.3, -0.25) is 0 Å². The van der Waals surface area contributed by atoms with Crippen molar-refractivity contribution in [3.05, 3.63) is 39.1 Å². The molecule has 3 N–H and O–H groups in total. The van der Waals surface area contributed by atoms with Gasteiger partial charge in [-0.2, -0.15) is 9.97 Å². The molecule has 0 spiro atoms. The molecule has 0 saturated heterocycles. The van der Waals surface area contributed by atoms with Gasteiger partial charge in [-0.25, -0.2) is 4.98 Å². The van der Waals surface area contributed by atoms with Crippen molar-refractivity contribution in [1.82, 2.24) is 15.0 Å². The summed E-state index contributed by atoms with van der Waals surface area (Å²) in [6, 6.07) is 3.92. The molecule has 0 atom stereocenters. The Morgan fingerprint density at radius 1 is 0.952 bits per heavy atom. The summed E-state index contributed by atoms with van der Waals surface area (Å²) in [4.78, 5) is 16.2. The number of aromatic nitrogens is 3. The highest BCUT2D eigenvalue weighted by atomic mass is 16.3. The maximum Gasteiger partial charge on any atom is 0.231 e. The number of nitrogens with zero attached hydrogens (tertiary/aromatic N) is 9. The average molecular weight is 286 g/mol. The Balaban J connectivity index is 2.39. The van der Waals surface area contributed by atoms with Gasteiger partial charge in [-0.15, -0.1) is 0 Å². The molecule has 1 heterocycles. The number of nitrogens with one attached hydrogen (secondary N) is 1. The number of aromatic hydroxyl groups is 2. The number of azide groups is 2. The molecule has 0 amide bonds. The Labute approximate surface area is 116 Å². The fourth-order valence-electron chi connectivity index (χ4n) is 1.31. The molecule has 1 aromatic carbocycles. The van der Waals surface area contributed by atoms with Crippen molar-refractivity contribution >= 4 is 23.5 Å². The summed E-state index contributed by atoms with van der Waals surface area (Å²) in [5, 5.41) is 27.6. The summed E-state index contributed by atoms with van der Waals surface area (Å²) in [6.45, 7) is 0. The number of rotatable bonds is 4. The predicted molar refractivity (Wildman–Crippen MR) is 70.5 cm³/mol. The highest BCUT2D eigenvalue weighted by Crippen LogP contribution is 2.28. The summed E-state index contributed by atoms with van der Waals surface area (Å²) in [6.07, 6.45) is 0. The first-order chi connectivity index (χ1) is 10.1.